The molecule has 112 valence electrons. The van der Waals surface area contributed by atoms with E-state index in [-0.39, 0.29) is 17.9 Å². The molecule has 0 fully saturated rings. The first-order chi connectivity index (χ1) is 10.0. The van der Waals surface area contributed by atoms with Crippen LogP contribution in [-0.2, 0) is 6.54 Å². The Morgan fingerprint density at radius 3 is 2.95 bits per heavy atom. The molecule has 0 aliphatic rings. The molecule has 0 aromatic carbocycles. The van der Waals surface area contributed by atoms with Crippen LogP contribution in [0, 0.1) is 10.1 Å². The van der Waals surface area contributed by atoms with E-state index in [4.69, 9.17) is 0 Å². The van der Waals surface area contributed by atoms with Crippen LogP contribution in [-0.4, -0.2) is 27.0 Å². The van der Waals surface area contributed by atoms with Gasteiger partial charge in [-0.1, -0.05) is 0 Å². The molecule has 0 saturated heterocycles. The summed E-state index contributed by atoms with van der Waals surface area (Å²) in [5.41, 5.74) is 0.819. The molecule has 0 radical (unpaired) electrons. The molecule has 1 atom stereocenters. The molecular weight excluding hydrogens is 294 g/mol. The Hall–Kier alpha value is -2.19. The largest absolute Gasteiger partial charge is 0.387 e. The lowest BCUT2D eigenvalue weighted by Crippen LogP contribution is -2.29. The number of aromatic nitrogens is 1. The molecule has 8 heteroatoms. The van der Waals surface area contributed by atoms with Crippen LogP contribution in [0.4, 0.5) is 5.69 Å². The molecule has 1 amide bonds. The number of nitrogens with one attached hydrogen (secondary N) is 1. The van der Waals surface area contributed by atoms with Gasteiger partial charge in [-0.25, -0.2) is 0 Å². The third-order valence-electron chi connectivity index (χ3n) is 3.05. The van der Waals surface area contributed by atoms with Crippen molar-refractivity contribution >= 4 is 22.9 Å². The van der Waals surface area contributed by atoms with Gasteiger partial charge in [-0.3, -0.25) is 14.9 Å². The summed E-state index contributed by atoms with van der Waals surface area (Å²) in [5.74, 6) is -0.445. The Morgan fingerprint density at radius 1 is 1.62 bits per heavy atom. The number of carbonyl (C=O) groups is 1. The minimum absolute atomic E-state index is 0.0538. The fourth-order valence-corrected chi connectivity index (χ4v) is 2.62. The molecule has 0 saturated carbocycles. The Kier molecular flexibility index (Phi) is 4.71. The summed E-state index contributed by atoms with van der Waals surface area (Å²) in [7, 11) is 0. The van der Waals surface area contributed by atoms with E-state index < -0.39 is 16.9 Å². The van der Waals surface area contributed by atoms with Gasteiger partial charge in [0, 0.05) is 19.2 Å². The fourth-order valence-electron chi connectivity index (χ4n) is 1.91. The van der Waals surface area contributed by atoms with Crippen LogP contribution >= 0.6 is 11.3 Å². The lowest BCUT2D eigenvalue weighted by atomic mass is 10.2. The van der Waals surface area contributed by atoms with Gasteiger partial charge in [0.05, 0.1) is 17.2 Å². The van der Waals surface area contributed by atoms with E-state index in [2.05, 4.69) is 5.32 Å². The van der Waals surface area contributed by atoms with E-state index in [1.54, 1.807) is 18.4 Å². The number of nitro groups is 1. The van der Waals surface area contributed by atoms with Crippen LogP contribution in [0.25, 0.3) is 0 Å². The van der Waals surface area contributed by atoms with Gasteiger partial charge in [-0.2, -0.15) is 11.3 Å². The summed E-state index contributed by atoms with van der Waals surface area (Å²) < 4.78 is 1.50. The van der Waals surface area contributed by atoms with Crippen molar-refractivity contribution in [3.8, 4) is 0 Å². The predicted octanol–water partition coefficient (Wildman–Crippen LogP) is 1.94. The van der Waals surface area contributed by atoms with E-state index in [0.29, 0.717) is 6.54 Å². The molecule has 2 N–H and O–H groups in total. The van der Waals surface area contributed by atoms with Crippen molar-refractivity contribution in [2.45, 2.75) is 19.6 Å². The maximum atomic E-state index is 12.1. The van der Waals surface area contributed by atoms with Crippen molar-refractivity contribution in [2.24, 2.45) is 0 Å². The monoisotopic (exact) mass is 309 g/mol. The maximum absolute atomic E-state index is 12.1. The average molecular weight is 309 g/mol. The Balaban J connectivity index is 2.04. The molecule has 2 aromatic rings. The van der Waals surface area contributed by atoms with Crippen molar-refractivity contribution in [2.75, 3.05) is 6.54 Å². The van der Waals surface area contributed by atoms with Gasteiger partial charge in [-0.15, -0.1) is 0 Å². The molecule has 7 nitrogen and oxygen atoms in total. The highest BCUT2D eigenvalue weighted by molar-refractivity contribution is 7.07. The zero-order chi connectivity index (χ0) is 15.4. The molecule has 2 heterocycles. The molecular formula is C13H15N3O4S. The van der Waals surface area contributed by atoms with Crippen LogP contribution in [0.15, 0.2) is 29.1 Å². The van der Waals surface area contributed by atoms with Crippen molar-refractivity contribution in [3.05, 3.63) is 50.5 Å². The molecule has 1 unspecified atom stereocenters. The minimum Gasteiger partial charge on any atom is -0.387 e. The number of aryl methyl sites for hydroxylation is 1. The second-order valence-corrected chi connectivity index (χ2v) is 5.19. The SMILES string of the molecule is CCn1cc([N+](=O)[O-])cc1C(=O)NCC(O)c1ccsc1. The van der Waals surface area contributed by atoms with E-state index in [1.165, 1.54) is 28.2 Å². The van der Waals surface area contributed by atoms with Crippen LogP contribution in [0.2, 0.25) is 0 Å². The maximum Gasteiger partial charge on any atom is 0.287 e. The first kappa shape index (κ1) is 15.2. The molecule has 0 spiro atoms. The summed E-state index contributed by atoms with van der Waals surface area (Å²) >= 11 is 1.46. The van der Waals surface area contributed by atoms with Crippen LogP contribution in [0.5, 0.6) is 0 Å². The summed E-state index contributed by atoms with van der Waals surface area (Å²) in [5, 5.41) is 26.9. The third-order valence-corrected chi connectivity index (χ3v) is 3.75. The number of amides is 1. The fraction of sp³-hybridized carbons (Fsp3) is 0.308. The Bertz CT molecular complexity index is 636. The highest BCUT2D eigenvalue weighted by atomic mass is 32.1. The number of thiophene rings is 1. The molecule has 0 bridgehead atoms. The summed E-state index contributed by atoms with van der Waals surface area (Å²) in [6.07, 6.45) is 0.532. The highest BCUT2D eigenvalue weighted by Gasteiger charge is 2.19. The predicted molar refractivity (Wildman–Crippen MR) is 78.4 cm³/mol. The summed E-state index contributed by atoms with van der Waals surface area (Å²) in [4.78, 5) is 22.3. The Labute approximate surface area is 125 Å². The zero-order valence-corrected chi connectivity index (χ0v) is 12.2. The van der Waals surface area contributed by atoms with Crippen LogP contribution in [0.1, 0.15) is 29.1 Å². The van der Waals surface area contributed by atoms with Crippen LogP contribution < -0.4 is 5.32 Å². The second kappa shape index (κ2) is 6.51. The van der Waals surface area contributed by atoms with E-state index in [1.807, 2.05) is 5.38 Å². The lowest BCUT2D eigenvalue weighted by Gasteiger charge is -2.11. The molecule has 2 aromatic heterocycles. The smallest absolute Gasteiger partial charge is 0.287 e. The third kappa shape index (κ3) is 3.47. The van der Waals surface area contributed by atoms with Crippen molar-refractivity contribution in [3.63, 3.8) is 0 Å². The number of hydrogen-bond acceptors (Lipinski definition) is 5. The lowest BCUT2D eigenvalue weighted by molar-refractivity contribution is -0.384. The topological polar surface area (TPSA) is 97.4 Å². The Morgan fingerprint density at radius 2 is 2.38 bits per heavy atom. The number of carbonyl (C=O) groups excluding carboxylic acids is 1. The van der Waals surface area contributed by atoms with Crippen molar-refractivity contribution in [1.82, 2.24) is 9.88 Å². The number of aliphatic hydroxyl groups is 1. The van der Waals surface area contributed by atoms with Crippen LogP contribution in [0.3, 0.4) is 0 Å². The van der Waals surface area contributed by atoms with Crippen molar-refractivity contribution in [1.29, 1.82) is 0 Å². The molecule has 0 aliphatic carbocycles. The van der Waals surface area contributed by atoms with Crippen molar-refractivity contribution < 1.29 is 14.8 Å². The average Bonchev–Trinajstić information content (AvgIpc) is 3.12. The number of hydrogen-bond donors (Lipinski definition) is 2. The van der Waals surface area contributed by atoms with E-state index in [0.717, 1.165) is 5.56 Å². The van der Waals surface area contributed by atoms with Gasteiger partial charge in [0.15, 0.2) is 0 Å². The van der Waals surface area contributed by atoms with Gasteiger partial charge in [-0.05, 0) is 29.3 Å². The minimum atomic E-state index is -0.791. The molecule has 21 heavy (non-hydrogen) atoms. The number of rotatable bonds is 6. The number of aliphatic hydroxyl groups excluding tert-OH is 1. The summed E-state index contributed by atoms with van der Waals surface area (Å²) in [6.45, 7) is 2.29. The van der Waals surface area contributed by atoms with Gasteiger partial charge in [0.25, 0.3) is 11.6 Å². The van der Waals surface area contributed by atoms with E-state index in [9.17, 15) is 20.0 Å². The second-order valence-electron chi connectivity index (χ2n) is 4.41. The normalized spacial score (nSPS) is 12.1. The molecule has 0 aliphatic heterocycles. The van der Waals surface area contributed by atoms with Gasteiger partial charge < -0.3 is 15.0 Å². The quantitative estimate of drug-likeness (QED) is 0.629. The first-order valence-electron chi connectivity index (χ1n) is 6.35. The standard InChI is InChI=1S/C13H15N3O4S/c1-2-15-7-10(16(19)20)5-11(15)13(18)14-6-12(17)9-3-4-21-8-9/h3-5,7-8,12,17H,2,6H2,1H3,(H,14,18). The first-order valence-corrected chi connectivity index (χ1v) is 7.30. The number of nitrogens with zero attached hydrogens (tertiary/aromatic N) is 2. The highest BCUT2D eigenvalue weighted by Crippen LogP contribution is 2.18. The van der Waals surface area contributed by atoms with E-state index >= 15 is 0 Å². The van der Waals surface area contributed by atoms with Gasteiger partial charge in [0.2, 0.25) is 0 Å². The summed E-state index contributed by atoms with van der Waals surface area (Å²) in [6, 6.07) is 3.01. The van der Waals surface area contributed by atoms with Gasteiger partial charge in [0.1, 0.15) is 5.69 Å². The van der Waals surface area contributed by atoms with Gasteiger partial charge >= 0.3 is 0 Å². The molecule has 2 rings (SSSR count). The zero-order valence-electron chi connectivity index (χ0n) is 11.4.